The van der Waals surface area contributed by atoms with Gasteiger partial charge < -0.3 is 10.0 Å². The molecule has 0 spiro atoms. The van der Waals surface area contributed by atoms with Crippen LogP contribution in [-0.2, 0) is 6.42 Å². The molecule has 1 aromatic rings. The maximum absolute atomic E-state index is 11.3. The van der Waals surface area contributed by atoms with E-state index >= 15 is 0 Å². The number of carbonyl (C=O) groups is 1. The molecule has 2 heterocycles. The Bertz CT molecular complexity index is 500. The van der Waals surface area contributed by atoms with Gasteiger partial charge in [0, 0.05) is 18.8 Å². The van der Waals surface area contributed by atoms with Crippen LogP contribution in [0.15, 0.2) is 12.1 Å². The van der Waals surface area contributed by atoms with Crippen molar-refractivity contribution in [1.29, 1.82) is 0 Å². The Morgan fingerprint density at radius 3 is 2.33 bits per heavy atom. The van der Waals surface area contributed by atoms with Gasteiger partial charge in [-0.2, -0.15) is 0 Å². The van der Waals surface area contributed by atoms with Gasteiger partial charge in [-0.25, -0.2) is 9.78 Å². The molecule has 116 valence electrons. The fourth-order valence-electron chi connectivity index (χ4n) is 3.21. The van der Waals surface area contributed by atoms with Crippen molar-refractivity contribution in [1.82, 2.24) is 4.98 Å². The van der Waals surface area contributed by atoms with Crippen LogP contribution in [0.5, 0.6) is 0 Å². The van der Waals surface area contributed by atoms with Crippen molar-refractivity contribution in [3.8, 4) is 0 Å². The summed E-state index contributed by atoms with van der Waals surface area (Å²) in [6, 6.07) is 3.39. The predicted molar refractivity (Wildman–Crippen MR) is 85.0 cm³/mol. The second-order valence-corrected chi connectivity index (χ2v) is 6.06. The maximum Gasteiger partial charge on any atom is 0.335 e. The zero-order chi connectivity index (χ0) is 15.5. The average molecular weight is 290 g/mol. The van der Waals surface area contributed by atoms with Gasteiger partial charge >= 0.3 is 5.97 Å². The smallest absolute Gasteiger partial charge is 0.335 e. The van der Waals surface area contributed by atoms with Crippen LogP contribution < -0.4 is 4.90 Å². The Morgan fingerprint density at radius 1 is 1.24 bits per heavy atom. The van der Waals surface area contributed by atoms with E-state index in [0.717, 1.165) is 31.0 Å². The molecule has 0 aromatic carbocycles. The number of hydrogen-bond donors (Lipinski definition) is 1. The molecule has 0 radical (unpaired) electrons. The van der Waals surface area contributed by atoms with Crippen molar-refractivity contribution in [3.63, 3.8) is 0 Å². The molecule has 21 heavy (non-hydrogen) atoms. The highest BCUT2D eigenvalue weighted by atomic mass is 16.4. The molecule has 4 heteroatoms. The summed E-state index contributed by atoms with van der Waals surface area (Å²) in [5.74, 6) is -0.0469. The summed E-state index contributed by atoms with van der Waals surface area (Å²) in [6.07, 6.45) is 5.54. The monoisotopic (exact) mass is 290 g/mol. The minimum absolute atomic E-state index is 0.347. The minimum Gasteiger partial charge on any atom is -0.478 e. The summed E-state index contributed by atoms with van der Waals surface area (Å²) >= 11 is 0. The van der Waals surface area contributed by atoms with Crippen molar-refractivity contribution in [2.45, 2.75) is 52.9 Å². The third kappa shape index (κ3) is 3.36. The standard InChI is InChI=1S/C17H26N2O2/c1-4-14-11-13(16(20)21)12-15(18-14)19-9-7-17(5-2,6-3)8-10-19/h11-12H,4-10H2,1-3H3,(H,20,21). The topological polar surface area (TPSA) is 53.4 Å². The number of pyridine rings is 1. The quantitative estimate of drug-likeness (QED) is 0.897. The Labute approximate surface area is 127 Å². The number of hydrogen-bond acceptors (Lipinski definition) is 3. The lowest BCUT2D eigenvalue weighted by molar-refractivity contribution is 0.0696. The molecule has 1 aliphatic heterocycles. The third-order valence-electron chi connectivity index (χ3n) is 5.12. The second kappa shape index (κ2) is 6.46. The first-order chi connectivity index (χ1) is 10.0. The van der Waals surface area contributed by atoms with Crippen molar-refractivity contribution in [2.24, 2.45) is 5.41 Å². The largest absolute Gasteiger partial charge is 0.478 e. The first kappa shape index (κ1) is 15.8. The molecule has 0 aliphatic carbocycles. The third-order valence-corrected chi connectivity index (χ3v) is 5.12. The molecule has 4 nitrogen and oxygen atoms in total. The molecular formula is C17H26N2O2. The minimum atomic E-state index is -0.873. The molecule has 0 bridgehead atoms. The summed E-state index contributed by atoms with van der Waals surface area (Å²) in [4.78, 5) is 18.1. The van der Waals surface area contributed by atoms with E-state index in [1.807, 2.05) is 6.92 Å². The molecule has 1 N–H and O–H groups in total. The summed E-state index contributed by atoms with van der Waals surface area (Å²) in [7, 11) is 0. The summed E-state index contributed by atoms with van der Waals surface area (Å²) in [5, 5.41) is 9.24. The van der Waals surface area contributed by atoms with Crippen molar-refractivity contribution >= 4 is 11.8 Å². The Kier molecular flexibility index (Phi) is 4.86. The molecule has 0 atom stereocenters. The number of aromatic nitrogens is 1. The lowest BCUT2D eigenvalue weighted by Crippen LogP contribution is -2.40. The van der Waals surface area contributed by atoms with Crippen LogP contribution in [0.25, 0.3) is 0 Å². The van der Waals surface area contributed by atoms with E-state index in [1.54, 1.807) is 12.1 Å². The summed E-state index contributed by atoms with van der Waals surface area (Å²) in [6.45, 7) is 8.50. The second-order valence-electron chi connectivity index (χ2n) is 6.06. The number of aryl methyl sites for hydroxylation is 1. The Balaban J connectivity index is 2.20. The normalized spacial score (nSPS) is 17.8. The van der Waals surface area contributed by atoms with Gasteiger partial charge in [-0.3, -0.25) is 0 Å². The number of anilines is 1. The van der Waals surface area contributed by atoms with E-state index in [-0.39, 0.29) is 0 Å². The van der Waals surface area contributed by atoms with E-state index in [1.165, 1.54) is 25.7 Å². The first-order valence-corrected chi connectivity index (χ1v) is 8.02. The molecule has 1 aromatic heterocycles. The van der Waals surface area contributed by atoms with Gasteiger partial charge in [-0.05, 0) is 36.8 Å². The molecule has 1 aliphatic rings. The zero-order valence-corrected chi connectivity index (χ0v) is 13.4. The number of aromatic carboxylic acids is 1. The lowest BCUT2D eigenvalue weighted by atomic mass is 9.74. The highest BCUT2D eigenvalue weighted by Gasteiger charge is 2.31. The van der Waals surface area contributed by atoms with Gasteiger partial charge in [0.25, 0.3) is 0 Å². The van der Waals surface area contributed by atoms with E-state index in [2.05, 4.69) is 23.7 Å². The highest BCUT2D eigenvalue weighted by molar-refractivity contribution is 5.88. The molecule has 1 saturated heterocycles. The van der Waals surface area contributed by atoms with Crippen LogP contribution >= 0.6 is 0 Å². The number of carboxylic acids is 1. The fraction of sp³-hybridized carbons (Fsp3) is 0.647. The van der Waals surface area contributed by atoms with Gasteiger partial charge in [-0.1, -0.05) is 33.6 Å². The fourth-order valence-corrected chi connectivity index (χ4v) is 3.21. The van der Waals surface area contributed by atoms with E-state index in [0.29, 0.717) is 11.0 Å². The molecule has 2 rings (SSSR count). The molecular weight excluding hydrogens is 264 g/mol. The van der Waals surface area contributed by atoms with Gasteiger partial charge in [0.05, 0.1) is 5.56 Å². The van der Waals surface area contributed by atoms with Crippen molar-refractivity contribution < 1.29 is 9.90 Å². The number of rotatable bonds is 5. The van der Waals surface area contributed by atoms with Crippen LogP contribution in [0.3, 0.4) is 0 Å². The van der Waals surface area contributed by atoms with E-state index in [4.69, 9.17) is 0 Å². The Morgan fingerprint density at radius 2 is 1.86 bits per heavy atom. The SMILES string of the molecule is CCc1cc(C(=O)O)cc(N2CCC(CC)(CC)CC2)n1. The van der Waals surface area contributed by atoms with Gasteiger partial charge in [-0.15, -0.1) is 0 Å². The van der Waals surface area contributed by atoms with Gasteiger partial charge in [0.1, 0.15) is 5.82 Å². The average Bonchev–Trinajstić information content (AvgIpc) is 2.54. The number of piperidine rings is 1. The van der Waals surface area contributed by atoms with Crippen LogP contribution in [-0.4, -0.2) is 29.1 Å². The zero-order valence-electron chi connectivity index (χ0n) is 13.4. The molecule has 0 unspecified atom stereocenters. The van der Waals surface area contributed by atoms with E-state index in [9.17, 15) is 9.90 Å². The molecule has 1 fully saturated rings. The number of carboxylic acid groups (broad SMARTS) is 1. The predicted octanol–water partition coefficient (Wildman–Crippen LogP) is 3.75. The molecule has 0 amide bonds. The van der Waals surface area contributed by atoms with Crippen LogP contribution in [0.1, 0.15) is 62.5 Å². The first-order valence-electron chi connectivity index (χ1n) is 8.02. The van der Waals surface area contributed by atoms with Crippen LogP contribution in [0, 0.1) is 5.41 Å². The van der Waals surface area contributed by atoms with Crippen LogP contribution in [0.4, 0.5) is 5.82 Å². The van der Waals surface area contributed by atoms with Crippen LogP contribution in [0.2, 0.25) is 0 Å². The molecule has 0 saturated carbocycles. The number of nitrogens with zero attached hydrogens (tertiary/aromatic N) is 2. The van der Waals surface area contributed by atoms with E-state index < -0.39 is 5.97 Å². The van der Waals surface area contributed by atoms with Gasteiger partial charge in [0.15, 0.2) is 0 Å². The summed E-state index contributed by atoms with van der Waals surface area (Å²) < 4.78 is 0. The van der Waals surface area contributed by atoms with Crippen molar-refractivity contribution in [2.75, 3.05) is 18.0 Å². The lowest BCUT2D eigenvalue weighted by Gasteiger charge is -2.41. The maximum atomic E-state index is 11.3. The highest BCUT2D eigenvalue weighted by Crippen LogP contribution is 2.38. The Hall–Kier alpha value is -1.58. The van der Waals surface area contributed by atoms with Crippen molar-refractivity contribution in [3.05, 3.63) is 23.4 Å². The summed E-state index contributed by atoms with van der Waals surface area (Å²) in [5.41, 5.74) is 1.67. The van der Waals surface area contributed by atoms with Gasteiger partial charge in [0.2, 0.25) is 0 Å².